The SMILES string of the molecule is [2H]C1([2H])C[C@]2(C)[C@H]3C(=O)C[C@]4(C)[C@@H](C(=O)CO)CC[C@H]4[C@@H]3CC[C@H]2C([2H])([2H])[C@]1([2H])O. The minimum Gasteiger partial charge on any atom is -0.393 e. The van der Waals surface area contributed by atoms with E-state index in [4.69, 9.17) is 6.85 Å². The molecule has 4 heteroatoms. The van der Waals surface area contributed by atoms with Crippen LogP contribution in [0.5, 0.6) is 0 Å². The molecule has 0 unspecified atom stereocenters. The van der Waals surface area contributed by atoms with Crippen molar-refractivity contribution in [1.82, 2.24) is 0 Å². The summed E-state index contributed by atoms with van der Waals surface area (Å²) in [6.45, 7) is 3.20. The maximum Gasteiger partial charge on any atom is 0.161 e. The van der Waals surface area contributed by atoms with E-state index in [-0.39, 0.29) is 42.2 Å². The van der Waals surface area contributed by atoms with Gasteiger partial charge in [-0.2, -0.15) is 0 Å². The van der Waals surface area contributed by atoms with Crippen molar-refractivity contribution in [3.63, 3.8) is 0 Å². The molecule has 8 atom stereocenters. The van der Waals surface area contributed by atoms with E-state index in [0.717, 1.165) is 6.42 Å². The molecule has 4 fully saturated rings. The minimum atomic E-state index is -2.88. The molecule has 4 aliphatic carbocycles. The van der Waals surface area contributed by atoms with Gasteiger partial charge in [0.2, 0.25) is 0 Å². The molecule has 0 amide bonds. The predicted molar refractivity (Wildman–Crippen MR) is 93.7 cm³/mol. The fourth-order valence-electron chi connectivity index (χ4n) is 6.91. The Morgan fingerprint density at radius 2 is 2.04 bits per heavy atom. The van der Waals surface area contributed by atoms with E-state index in [2.05, 4.69) is 0 Å². The smallest absolute Gasteiger partial charge is 0.161 e. The van der Waals surface area contributed by atoms with Crippen molar-refractivity contribution in [1.29, 1.82) is 0 Å². The second kappa shape index (κ2) is 5.88. The molecular formula is C21H32O4. The number of fused-ring (bicyclic) bond motifs is 5. The van der Waals surface area contributed by atoms with Gasteiger partial charge in [0.15, 0.2) is 5.78 Å². The van der Waals surface area contributed by atoms with Crippen LogP contribution in [0.3, 0.4) is 0 Å². The number of ketones is 2. The first-order chi connectivity index (χ1) is 13.6. The Bertz CT molecular complexity index is 783. The third kappa shape index (κ3) is 2.39. The third-order valence-corrected chi connectivity index (χ3v) is 8.04. The van der Waals surface area contributed by atoms with Crippen LogP contribution in [0.4, 0.5) is 0 Å². The van der Waals surface area contributed by atoms with Crippen LogP contribution in [0.15, 0.2) is 0 Å². The van der Waals surface area contributed by atoms with Crippen molar-refractivity contribution in [2.75, 3.05) is 6.61 Å². The lowest BCUT2D eigenvalue weighted by molar-refractivity contribution is -0.162. The van der Waals surface area contributed by atoms with Crippen molar-refractivity contribution in [2.45, 2.75) is 71.2 Å². The number of aliphatic hydroxyl groups is 2. The van der Waals surface area contributed by atoms with Crippen LogP contribution >= 0.6 is 0 Å². The number of carbonyl (C=O) groups excluding carboxylic acids is 2. The molecule has 0 spiro atoms. The Hall–Kier alpha value is -0.740. The molecule has 4 aliphatic rings. The van der Waals surface area contributed by atoms with E-state index in [1.54, 1.807) is 6.92 Å². The summed E-state index contributed by atoms with van der Waals surface area (Å²) in [5.41, 5.74) is -1.52. The summed E-state index contributed by atoms with van der Waals surface area (Å²) >= 11 is 0. The van der Waals surface area contributed by atoms with Gasteiger partial charge in [-0.25, -0.2) is 0 Å². The maximum atomic E-state index is 13.5. The first-order valence-corrected chi connectivity index (χ1v) is 9.54. The van der Waals surface area contributed by atoms with Crippen LogP contribution in [-0.4, -0.2) is 34.5 Å². The standard InChI is InChI=1S/C21H32O4/c1-20-8-7-13(23)9-12(20)3-4-14-15-5-6-16(18(25)11-22)21(15,2)10-17(24)19(14)20/h12-16,19,22-23H,3-11H2,1-2H3/t12-,13+,14-,15-,16+,19+,20-,21-/m0/s1/i7D2,9D2,13D. The van der Waals surface area contributed by atoms with Crippen LogP contribution in [-0.2, 0) is 9.59 Å². The van der Waals surface area contributed by atoms with E-state index < -0.39 is 48.1 Å². The number of carbonyl (C=O) groups is 2. The second-order valence-electron chi connectivity index (χ2n) is 9.13. The average molecular weight is 354 g/mol. The fraction of sp³-hybridized carbons (Fsp3) is 0.905. The zero-order valence-corrected chi connectivity index (χ0v) is 15.0. The number of hydrogen-bond donors (Lipinski definition) is 2. The van der Waals surface area contributed by atoms with Gasteiger partial charge in [0.1, 0.15) is 12.4 Å². The Kier molecular flexibility index (Phi) is 2.97. The molecule has 25 heavy (non-hydrogen) atoms. The third-order valence-electron chi connectivity index (χ3n) is 8.04. The van der Waals surface area contributed by atoms with Crippen molar-refractivity contribution in [3.8, 4) is 0 Å². The molecule has 140 valence electrons. The van der Waals surface area contributed by atoms with Gasteiger partial charge in [0.25, 0.3) is 0 Å². The van der Waals surface area contributed by atoms with Crippen molar-refractivity contribution < 1.29 is 26.7 Å². The maximum absolute atomic E-state index is 13.5. The molecule has 0 aromatic carbocycles. The van der Waals surface area contributed by atoms with Crippen LogP contribution in [0.25, 0.3) is 0 Å². The summed E-state index contributed by atoms with van der Waals surface area (Å²) in [7, 11) is 0. The van der Waals surface area contributed by atoms with Crippen LogP contribution in [0, 0.1) is 40.4 Å². The summed E-state index contributed by atoms with van der Waals surface area (Å²) < 4.78 is 41.8. The van der Waals surface area contributed by atoms with Gasteiger partial charge in [0, 0.05) is 23.7 Å². The largest absolute Gasteiger partial charge is 0.393 e. The summed E-state index contributed by atoms with van der Waals surface area (Å²) in [5.74, 6) is -1.96. The fourth-order valence-corrected chi connectivity index (χ4v) is 6.91. The highest BCUT2D eigenvalue weighted by Crippen LogP contribution is 2.66. The van der Waals surface area contributed by atoms with Crippen LogP contribution in [0.1, 0.15) is 72.0 Å². The van der Waals surface area contributed by atoms with Gasteiger partial charge in [-0.15, -0.1) is 0 Å². The molecule has 0 aromatic heterocycles. The highest BCUT2D eigenvalue weighted by atomic mass is 16.3. The number of rotatable bonds is 2. The number of hydrogen-bond acceptors (Lipinski definition) is 4. The lowest BCUT2D eigenvalue weighted by atomic mass is 9.44. The summed E-state index contributed by atoms with van der Waals surface area (Å²) in [4.78, 5) is 25.9. The molecule has 0 radical (unpaired) electrons. The quantitative estimate of drug-likeness (QED) is 0.800. The van der Waals surface area contributed by atoms with Gasteiger partial charge < -0.3 is 10.2 Å². The Balaban J connectivity index is 1.76. The molecule has 4 rings (SSSR count). The van der Waals surface area contributed by atoms with Crippen molar-refractivity contribution in [2.24, 2.45) is 40.4 Å². The van der Waals surface area contributed by atoms with Gasteiger partial charge >= 0.3 is 0 Å². The van der Waals surface area contributed by atoms with Crippen molar-refractivity contribution >= 4 is 11.6 Å². The predicted octanol–water partition coefficient (Wildman–Crippen LogP) is 2.75. The van der Waals surface area contributed by atoms with Gasteiger partial charge in [-0.1, -0.05) is 13.8 Å². The van der Waals surface area contributed by atoms with Gasteiger partial charge in [-0.05, 0) is 73.4 Å². The lowest BCUT2D eigenvalue weighted by Crippen LogP contribution is -2.58. The number of aliphatic hydroxyl groups excluding tert-OH is 1. The van der Waals surface area contributed by atoms with Crippen LogP contribution in [0.2, 0.25) is 0 Å². The van der Waals surface area contributed by atoms with E-state index in [1.165, 1.54) is 0 Å². The topological polar surface area (TPSA) is 74.6 Å². The molecule has 0 heterocycles. The number of Topliss-reactive ketones (excluding diaryl/α,β-unsaturated/α-hetero) is 2. The summed E-state index contributed by atoms with van der Waals surface area (Å²) in [5, 5.41) is 19.9. The van der Waals surface area contributed by atoms with E-state index in [0.29, 0.717) is 19.3 Å². The Morgan fingerprint density at radius 3 is 2.76 bits per heavy atom. The molecule has 4 saturated carbocycles. The normalized spacial score (nSPS) is 62.2. The summed E-state index contributed by atoms with van der Waals surface area (Å²) in [6.07, 6.45) is -5.58. The molecule has 2 N–H and O–H groups in total. The molecule has 0 saturated heterocycles. The molecule has 0 aliphatic heterocycles. The Labute approximate surface area is 157 Å². The average Bonchev–Trinajstić information content (AvgIpc) is 2.95. The molecular weight excluding hydrogens is 316 g/mol. The first kappa shape index (κ1) is 12.6. The highest BCUT2D eigenvalue weighted by molar-refractivity contribution is 5.88. The minimum absolute atomic E-state index is 0.0642. The van der Waals surface area contributed by atoms with Gasteiger partial charge in [0.05, 0.1) is 7.45 Å². The molecule has 4 nitrogen and oxygen atoms in total. The zero-order chi connectivity index (χ0) is 22.5. The van der Waals surface area contributed by atoms with Crippen molar-refractivity contribution in [3.05, 3.63) is 0 Å². The Morgan fingerprint density at radius 1 is 1.28 bits per heavy atom. The zero-order valence-electron chi connectivity index (χ0n) is 20.0. The summed E-state index contributed by atoms with van der Waals surface area (Å²) in [6, 6.07) is 0. The van der Waals surface area contributed by atoms with Crippen LogP contribution < -0.4 is 0 Å². The van der Waals surface area contributed by atoms with E-state index >= 15 is 0 Å². The highest BCUT2D eigenvalue weighted by Gasteiger charge is 2.63. The van der Waals surface area contributed by atoms with E-state index in [1.807, 2.05) is 6.92 Å². The second-order valence-corrected chi connectivity index (χ2v) is 9.13. The molecule has 0 aromatic rings. The molecule has 0 bridgehead atoms. The lowest BCUT2D eigenvalue weighted by Gasteiger charge is -2.59. The first-order valence-electron chi connectivity index (χ1n) is 12.0. The van der Waals surface area contributed by atoms with E-state index in [9.17, 15) is 19.8 Å². The van der Waals surface area contributed by atoms with Gasteiger partial charge in [-0.3, -0.25) is 9.59 Å². The monoisotopic (exact) mass is 353 g/mol.